The zero-order valence-electron chi connectivity index (χ0n) is 11.1. The van der Waals surface area contributed by atoms with Crippen molar-refractivity contribution in [1.82, 2.24) is 9.80 Å². The van der Waals surface area contributed by atoms with Crippen molar-refractivity contribution in [2.24, 2.45) is 0 Å². The third-order valence-corrected chi connectivity index (χ3v) is 4.28. The van der Waals surface area contributed by atoms with Crippen LogP contribution >= 0.6 is 0 Å². The largest absolute Gasteiger partial charge is 0.480 e. The van der Waals surface area contributed by atoms with Crippen LogP contribution in [0.3, 0.4) is 0 Å². The molecular weight excluding hydrogens is 216 g/mol. The smallest absolute Gasteiger partial charge is 0.323 e. The third kappa shape index (κ3) is 2.47. The molecule has 1 saturated carbocycles. The van der Waals surface area contributed by atoms with Crippen LogP contribution in [0, 0.1) is 0 Å². The van der Waals surface area contributed by atoms with E-state index in [9.17, 15) is 9.90 Å². The number of hydrogen-bond donors (Lipinski definition) is 1. The van der Waals surface area contributed by atoms with E-state index in [0.717, 1.165) is 32.1 Å². The van der Waals surface area contributed by atoms with Gasteiger partial charge in [-0.15, -0.1) is 0 Å². The van der Waals surface area contributed by atoms with Crippen LogP contribution in [-0.2, 0) is 4.79 Å². The summed E-state index contributed by atoms with van der Waals surface area (Å²) in [5, 5.41) is 9.34. The molecular formula is C13H24N2O2. The minimum absolute atomic E-state index is 0.409. The van der Waals surface area contributed by atoms with Gasteiger partial charge in [0.1, 0.15) is 5.54 Å². The molecule has 0 bridgehead atoms. The van der Waals surface area contributed by atoms with Crippen LogP contribution in [0.2, 0.25) is 0 Å². The molecule has 17 heavy (non-hydrogen) atoms. The van der Waals surface area contributed by atoms with Gasteiger partial charge in [0.05, 0.1) is 0 Å². The van der Waals surface area contributed by atoms with Gasteiger partial charge >= 0.3 is 5.97 Å². The molecule has 1 saturated heterocycles. The quantitative estimate of drug-likeness (QED) is 0.789. The molecule has 1 aliphatic carbocycles. The molecule has 1 heterocycles. The standard InChI is InChI=1S/C13H24N2O2/c1-4-15(13(2,3)12(16)17)11-7-8-14(9-11)10-5-6-10/h10-11H,4-9H2,1-3H3,(H,16,17). The fraction of sp³-hybridized carbons (Fsp3) is 0.923. The molecule has 1 aliphatic heterocycles. The van der Waals surface area contributed by atoms with E-state index >= 15 is 0 Å². The van der Waals surface area contributed by atoms with Crippen LogP contribution in [0.15, 0.2) is 0 Å². The van der Waals surface area contributed by atoms with Gasteiger partial charge < -0.3 is 5.11 Å². The second-order valence-electron chi connectivity index (χ2n) is 5.82. The van der Waals surface area contributed by atoms with Gasteiger partial charge in [0.25, 0.3) is 0 Å². The van der Waals surface area contributed by atoms with Crippen molar-refractivity contribution < 1.29 is 9.90 Å². The molecule has 1 unspecified atom stereocenters. The Hall–Kier alpha value is -0.610. The molecule has 4 heteroatoms. The summed E-state index contributed by atoms with van der Waals surface area (Å²) < 4.78 is 0. The maximum Gasteiger partial charge on any atom is 0.323 e. The molecule has 0 aromatic carbocycles. The average molecular weight is 240 g/mol. The Labute approximate surface area is 104 Å². The predicted molar refractivity (Wildman–Crippen MR) is 67.1 cm³/mol. The maximum atomic E-state index is 11.4. The molecule has 2 rings (SSSR count). The lowest BCUT2D eigenvalue weighted by Crippen LogP contribution is -2.55. The molecule has 0 amide bonds. The second kappa shape index (κ2) is 4.58. The number of carboxylic acid groups (broad SMARTS) is 1. The number of rotatable bonds is 5. The van der Waals surface area contributed by atoms with Crippen LogP contribution in [-0.4, -0.2) is 58.1 Å². The second-order valence-corrected chi connectivity index (χ2v) is 5.82. The van der Waals surface area contributed by atoms with Crippen LogP contribution < -0.4 is 0 Å². The molecule has 0 radical (unpaired) electrons. The highest BCUT2D eigenvalue weighted by Crippen LogP contribution is 2.32. The lowest BCUT2D eigenvalue weighted by molar-refractivity contribution is -0.150. The first-order valence-corrected chi connectivity index (χ1v) is 6.71. The highest BCUT2D eigenvalue weighted by Gasteiger charge is 2.42. The minimum atomic E-state index is -0.751. The van der Waals surface area contributed by atoms with Crippen molar-refractivity contribution in [2.45, 2.75) is 57.7 Å². The van der Waals surface area contributed by atoms with Crippen molar-refractivity contribution >= 4 is 5.97 Å². The maximum absolute atomic E-state index is 11.4. The van der Waals surface area contributed by atoms with Crippen molar-refractivity contribution in [3.63, 3.8) is 0 Å². The van der Waals surface area contributed by atoms with Gasteiger partial charge in [-0.25, -0.2) is 0 Å². The van der Waals surface area contributed by atoms with Crippen molar-refractivity contribution in [3.8, 4) is 0 Å². The predicted octanol–water partition coefficient (Wildman–Crippen LogP) is 1.41. The number of hydrogen-bond acceptors (Lipinski definition) is 3. The van der Waals surface area contributed by atoms with E-state index < -0.39 is 11.5 Å². The van der Waals surface area contributed by atoms with Crippen molar-refractivity contribution in [3.05, 3.63) is 0 Å². The summed E-state index contributed by atoms with van der Waals surface area (Å²) in [6.07, 6.45) is 3.78. The Balaban J connectivity index is 2.01. The van der Waals surface area contributed by atoms with Crippen molar-refractivity contribution in [1.29, 1.82) is 0 Å². The summed E-state index contributed by atoms with van der Waals surface area (Å²) in [5.74, 6) is -0.718. The number of nitrogens with zero attached hydrogens (tertiary/aromatic N) is 2. The van der Waals surface area contributed by atoms with Gasteiger partial charge in [-0.2, -0.15) is 0 Å². The SMILES string of the molecule is CCN(C1CCN(C2CC2)C1)C(C)(C)C(=O)O. The normalized spacial score (nSPS) is 26.7. The summed E-state index contributed by atoms with van der Waals surface area (Å²) in [4.78, 5) is 16.0. The molecule has 1 N–H and O–H groups in total. The first-order valence-electron chi connectivity index (χ1n) is 6.71. The Morgan fingerprint density at radius 2 is 2.06 bits per heavy atom. The van der Waals surface area contributed by atoms with E-state index in [0.29, 0.717) is 6.04 Å². The summed E-state index contributed by atoms with van der Waals surface area (Å²) >= 11 is 0. The Morgan fingerprint density at radius 3 is 2.53 bits per heavy atom. The van der Waals surface area contributed by atoms with Crippen LogP contribution in [0.4, 0.5) is 0 Å². The molecule has 1 atom stereocenters. The van der Waals surface area contributed by atoms with Crippen LogP contribution in [0.5, 0.6) is 0 Å². The highest BCUT2D eigenvalue weighted by molar-refractivity contribution is 5.77. The van der Waals surface area contributed by atoms with Gasteiger partial charge in [0.15, 0.2) is 0 Å². The summed E-state index contributed by atoms with van der Waals surface area (Å²) in [7, 11) is 0. The fourth-order valence-electron chi connectivity index (χ4n) is 3.03. The van der Waals surface area contributed by atoms with Gasteiger partial charge in [-0.3, -0.25) is 14.6 Å². The lowest BCUT2D eigenvalue weighted by Gasteiger charge is -2.38. The molecule has 2 aliphatic rings. The highest BCUT2D eigenvalue weighted by atomic mass is 16.4. The van der Waals surface area contributed by atoms with E-state index in [1.54, 1.807) is 0 Å². The van der Waals surface area contributed by atoms with E-state index in [-0.39, 0.29) is 0 Å². The fourth-order valence-corrected chi connectivity index (χ4v) is 3.03. The summed E-state index contributed by atoms with van der Waals surface area (Å²) in [6, 6.07) is 1.21. The Morgan fingerprint density at radius 1 is 1.41 bits per heavy atom. The minimum Gasteiger partial charge on any atom is -0.480 e. The van der Waals surface area contributed by atoms with E-state index in [4.69, 9.17) is 0 Å². The van der Waals surface area contributed by atoms with E-state index in [1.807, 2.05) is 13.8 Å². The van der Waals surface area contributed by atoms with E-state index in [2.05, 4.69) is 16.7 Å². The number of likely N-dealkylation sites (N-methyl/N-ethyl adjacent to an activating group) is 1. The number of aliphatic carboxylic acids is 1. The average Bonchev–Trinajstić information content (AvgIpc) is 3.00. The van der Waals surface area contributed by atoms with Crippen molar-refractivity contribution in [2.75, 3.05) is 19.6 Å². The first kappa shape index (κ1) is 12.8. The topological polar surface area (TPSA) is 43.8 Å². The number of likely N-dealkylation sites (tertiary alicyclic amines) is 1. The summed E-state index contributed by atoms with van der Waals surface area (Å²) in [6.45, 7) is 8.70. The molecule has 4 nitrogen and oxygen atoms in total. The van der Waals surface area contributed by atoms with Crippen LogP contribution in [0.25, 0.3) is 0 Å². The lowest BCUT2D eigenvalue weighted by atomic mass is 10.00. The zero-order valence-corrected chi connectivity index (χ0v) is 11.1. The van der Waals surface area contributed by atoms with Gasteiger partial charge in [-0.05, 0) is 39.7 Å². The molecule has 0 aromatic heterocycles. The van der Waals surface area contributed by atoms with Crippen LogP contribution in [0.1, 0.15) is 40.0 Å². The summed E-state index contributed by atoms with van der Waals surface area (Å²) in [5.41, 5.74) is -0.751. The van der Waals surface area contributed by atoms with Gasteiger partial charge in [0, 0.05) is 25.2 Å². The monoisotopic (exact) mass is 240 g/mol. The first-order chi connectivity index (χ1) is 7.96. The van der Waals surface area contributed by atoms with E-state index in [1.165, 1.54) is 12.8 Å². The molecule has 98 valence electrons. The Bertz CT molecular complexity index is 300. The Kier molecular flexibility index (Phi) is 3.46. The van der Waals surface area contributed by atoms with Gasteiger partial charge in [-0.1, -0.05) is 6.92 Å². The zero-order chi connectivity index (χ0) is 12.6. The molecule has 2 fully saturated rings. The number of carboxylic acids is 1. The van der Waals surface area contributed by atoms with Gasteiger partial charge in [0.2, 0.25) is 0 Å². The third-order valence-electron chi connectivity index (χ3n) is 4.28. The number of carbonyl (C=O) groups is 1. The molecule has 0 aromatic rings. The molecule has 0 spiro atoms.